The van der Waals surface area contributed by atoms with E-state index in [1.807, 2.05) is 18.2 Å². The second-order valence-corrected chi connectivity index (χ2v) is 4.41. The van der Waals surface area contributed by atoms with Crippen LogP contribution in [-0.4, -0.2) is 24.2 Å². The zero-order valence-electron chi connectivity index (χ0n) is 9.96. The lowest BCUT2D eigenvalue weighted by atomic mass is 9.82. The molecule has 1 aliphatic carbocycles. The molecule has 0 atom stereocenters. The Bertz CT molecular complexity index is 571. The highest BCUT2D eigenvalue weighted by molar-refractivity contribution is 5.74. The van der Waals surface area contributed by atoms with Gasteiger partial charge in [-0.3, -0.25) is 4.79 Å². The molecule has 5 nitrogen and oxygen atoms in total. The Balaban J connectivity index is 1.62. The highest BCUT2D eigenvalue weighted by Crippen LogP contribution is 2.32. The summed E-state index contributed by atoms with van der Waals surface area (Å²) in [7, 11) is 1.41. The van der Waals surface area contributed by atoms with Crippen molar-refractivity contribution >= 4 is 17.1 Å². The van der Waals surface area contributed by atoms with Crippen LogP contribution in [0, 0.1) is 5.92 Å². The number of ether oxygens (including phenoxy) is 2. The van der Waals surface area contributed by atoms with Crippen molar-refractivity contribution in [3.63, 3.8) is 0 Å². The number of esters is 1. The molecule has 0 N–H and O–H groups in total. The molecule has 1 aromatic carbocycles. The molecule has 1 heterocycles. The Kier molecular flexibility index (Phi) is 2.66. The van der Waals surface area contributed by atoms with E-state index in [9.17, 15) is 4.79 Å². The lowest BCUT2D eigenvalue weighted by molar-refractivity contribution is -0.151. The van der Waals surface area contributed by atoms with Crippen molar-refractivity contribution in [2.45, 2.75) is 18.9 Å². The van der Waals surface area contributed by atoms with Crippen LogP contribution in [0.5, 0.6) is 5.75 Å². The molecule has 1 fully saturated rings. The maximum Gasteiger partial charge on any atom is 0.308 e. The third-order valence-corrected chi connectivity index (χ3v) is 3.23. The first-order chi connectivity index (χ1) is 8.76. The number of oxazole rings is 1. The average molecular weight is 247 g/mol. The first-order valence-corrected chi connectivity index (χ1v) is 5.84. The van der Waals surface area contributed by atoms with E-state index in [0.717, 1.165) is 16.8 Å². The van der Waals surface area contributed by atoms with Gasteiger partial charge in [0.25, 0.3) is 0 Å². The Hall–Kier alpha value is -2.04. The molecule has 5 heteroatoms. The summed E-state index contributed by atoms with van der Waals surface area (Å²) in [5.74, 6) is 0.585. The van der Waals surface area contributed by atoms with Gasteiger partial charge in [-0.2, -0.15) is 0 Å². The van der Waals surface area contributed by atoms with Gasteiger partial charge in [-0.1, -0.05) is 0 Å². The molecule has 1 saturated carbocycles. The molecule has 1 aliphatic rings. The van der Waals surface area contributed by atoms with Crippen LogP contribution >= 0.6 is 0 Å². The Labute approximate surface area is 104 Å². The second-order valence-electron chi connectivity index (χ2n) is 4.41. The van der Waals surface area contributed by atoms with E-state index in [4.69, 9.17) is 9.15 Å². The monoisotopic (exact) mass is 247 g/mol. The molecule has 0 aliphatic heterocycles. The lowest BCUT2D eigenvalue weighted by Crippen LogP contribution is -2.38. The summed E-state index contributed by atoms with van der Waals surface area (Å²) in [4.78, 5) is 15.3. The second kappa shape index (κ2) is 4.33. The number of benzene rings is 1. The van der Waals surface area contributed by atoms with E-state index in [1.54, 1.807) is 0 Å². The van der Waals surface area contributed by atoms with Gasteiger partial charge in [-0.25, -0.2) is 4.98 Å². The average Bonchev–Trinajstić information content (AvgIpc) is 2.79. The van der Waals surface area contributed by atoms with Crippen LogP contribution in [0.25, 0.3) is 11.1 Å². The van der Waals surface area contributed by atoms with E-state index >= 15 is 0 Å². The van der Waals surface area contributed by atoms with Gasteiger partial charge < -0.3 is 13.9 Å². The van der Waals surface area contributed by atoms with E-state index in [-0.39, 0.29) is 18.0 Å². The Morgan fingerprint density at radius 1 is 1.44 bits per heavy atom. The maximum atomic E-state index is 11.2. The minimum atomic E-state index is -0.151. The SMILES string of the molecule is COC(=O)C1CC(Oc2ccc3ocnc3c2)C1. The van der Waals surface area contributed by atoms with Crippen LogP contribution < -0.4 is 4.74 Å². The van der Waals surface area contributed by atoms with Crippen molar-refractivity contribution in [2.75, 3.05) is 7.11 Å². The van der Waals surface area contributed by atoms with Gasteiger partial charge in [0, 0.05) is 6.07 Å². The molecule has 0 radical (unpaired) electrons. The van der Waals surface area contributed by atoms with Crippen molar-refractivity contribution in [3.05, 3.63) is 24.6 Å². The number of methoxy groups -OCH3 is 1. The molecule has 18 heavy (non-hydrogen) atoms. The number of hydrogen-bond donors (Lipinski definition) is 0. The smallest absolute Gasteiger partial charge is 0.308 e. The van der Waals surface area contributed by atoms with Gasteiger partial charge in [0.15, 0.2) is 12.0 Å². The lowest BCUT2D eigenvalue weighted by Gasteiger charge is -2.33. The van der Waals surface area contributed by atoms with E-state index in [2.05, 4.69) is 9.72 Å². The fourth-order valence-corrected chi connectivity index (χ4v) is 2.12. The Morgan fingerprint density at radius 3 is 3.06 bits per heavy atom. The molecular weight excluding hydrogens is 234 g/mol. The van der Waals surface area contributed by atoms with Crippen molar-refractivity contribution in [1.82, 2.24) is 4.98 Å². The fraction of sp³-hybridized carbons (Fsp3) is 0.385. The summed E-state index contributed by atoms with van der Waals surface area (Å²) in [5, 5.41) is 0. The molecule has 94 valence electrons. The van der Waals surface area contributed by atoms with Gasteiger partial charge in [-0.15, -0.1) is 0 Å². The van der Waals surface area contributed by atoms with Gasteiger partial charge in [0.2, 0.25) is 0 Å². The van der Waals surface area contributed by atoms with Crippen LogP contribution in [0.3, 0.4) is 0 Å². The Morgan fingerprint density at radius 2 is 2.28 bits per heavy atom. The number of carbonyl (C=O) groups excluding carboxylic acids is 1. The van der Waals surface area contributed by atoms with Crippen molar-refractivity contribution < 1.29 is 18.7 Å². The minimum Gasteiger partial charge on any atom is -0.490 e. The standard InChI is InChI=1S/C13H13NO4/c1-16-13(15)8-4-10(5-8)18-9-2-3-12-11(6-9)14-7-17-12/h2-3,6-8,10H,4-5H2,1H3. The highest BCUT2D eigenvalue weighted by Gasteiger charge is 2.36. The van der Waals surface area contributed by atoms with Crippen LogP contribution in [0.15, 0.2) is 29.0 Å². The predicted octanol–water partition coefficient (Wildman–Crippen LogP) is 2.16. The topological polar surface area (TPSA) is 61.6 Å². The van der Waals surface area contributed by atoms with E-state index < -0.39 is 0 Å². The molecule has 0 spiro atoms. The first kappa shape index (κ1) is 11.1. The fourth-order valence-electron chi connectivity index (χ4n) is 2.12. The number of rotatable bonds is 3. The quantitative estimate of drug-likeness (QED) is 0.778. The highest BCUT2D eigenvalue weighted by atomic mass is 16.5. The molecule has 0 amide bonds. The number of fused-ring (bicyclic) bond motifs is 1. The molecule has 2 aromatic rings. The number of hydrogen-bond acceptors (Lipinski definition) is 5. The number of aromatic nitrogens is 1. The van der Waals surface area contributed by atoms with Gasteiger partial charge in [-0.05, 0) is 25.0 Å². The van der Waals surface area contributed by atoms with E-state index in [0.29, 0.717) is 12.8 Å². The third kappa shape index (κ3) is 1.92. The summed E-state index contributed by atoms with van der Waals surface area (Å²) in [6.45, 7) is 0. The van der Waals surface area contributed by atoms with Crippen molar-refractivity contribution in [3.8, 4) is 5.75 Å². The summed E-state index contributed by atoms with van der Waals surface area (Å²) in [6, 6.07) is 5.51. The molecule has 0 saturated heterocycles. The summed E-state index contributed by atoms with van der Waals surface area (Å²) < 4.78 is 15.6. The largest absolute Gasteiger partial charge is 0.490 e. The number of nitrogens with zero attached hydrogens (tertiary/aromatic N) is 1. The molecule has 1 aromatic heterocycles. The molecule has 0 bridgehead atoms. The maximum absolute atomic E-state index is 11.2. The van der Waals surface area contributed by atoms with Gasteiger partial charge in [0.1, 0.15) is 17.4 Å². The summed E-state index contributed by atoms with van der Waals surface area (Å²) in [6.07, 6.45) is 2.91. The van der Waals surface area contributed by atoms with E-state index in [1.165, 1.54) is 13.5 Å². The first-order valence-electron chi connectivity index (χ1n) is 5.84. The normalized spacial score (nSPS) is 22.5. The van der Waals surface area contributed by atoms with Gasteiger partial charge in [0.05, 0.1) is 13.0 Å². The predicted molar refractivity (Wildman–Crippen MR) is 63.2 cm³/mol. The van der Waals surface area contributed by atoms with Crippen LogP contribution in [0.4, 0.5) is 0 Å². The third-order valence-electron chi connectivity index (χ3n) is 3.23. The summed E-state index contributed by atoms with van der Waals surface area (Å²) in [5.41, 5.74) is 1.51. The minimum absolute atomic E-state index is 0.0178. The van der Waals surface area contributed by atoms with Gasteiger partial charge >= 0.3 is 5.97 Å². The molecule has 3 rings (SSSR count). The number of carbonyl (C=O) groups is 1. The van der Waals surface area contributed by atoms with Crippen LogP contribution in [0.1, 0.15) is 12.8 Å². The van der Waals surface area contributed by atoms with Crippen molar-refractivity contribution in [2.24, 2.45) is 5.92 Å². The molecule has 0 unspecified atom stereocenters. The zero-order valence-corrected chi connectivity index (χ0v) is 9.96. The molecular formula is C13H13NO4. The van der Waals surface area contributed by atoms with Crippen LogP contribution in [0.2, 0.25) is 0 Å². The van der Waals surface area contributed by atoms with Crippen LogP contribution in [-0.2, 0) is 9.53 Å². The van der Waals surface area contributed by atoms with Crippen molar-refractivity contribution in [1.29, 1.82) is 0 Å². The summed E-state index contributed by atoms with van der Waals surface area (Å²) >= 11 is 0. The zero-order chi connectivity index (χ0) is 12.5.